The molecule has 152 valence electrons. The van der Waals surface area contributed by atoms with E-state index < -0.39 is 0 Å². The van der Waals surface area contributed by atoms with Crippen molar-refractivity contribution in [1.29, 1.82) is 0 Å². The number of aryl methyl sites for hydroxylation is 1. The number of unbranched alkanes of at least 4 members (excludes halogenated alkanes) is 9. The quantitative estimate of drug-likeness (QED) is 0.308. The van der Waals surface area contributed by atoms with E-state index >= 15 is 0 Å². The summed E-state index contributed by atoms with van der Waals surface area (Å²) in [6.07, 6.45) is 16.8. The van der Waals surface area contributed by atoms with Gasteiger partial charge >= 0.3 is 0 Å². The predicted octanol–water partition coefficient (Wildman–Crippen LogP) is 7.69. The molecule has 3 nitrogen and oxygen atoms in total. The van der Waals surface area contributed by atoms with E-state index in [1.165, 1.54) is 69.9 Å². The van der Waals surface area contributed by atoms with Crippen LogP contribution < -0.4 is 5.32 Å². The average Bonchev–Trinajstić information content (AvgIpc) is 3.05. The predicted molar refractivity (Wildman–Crippen MR) is 123 cm³/mol. The molecule has 2 rings (SSSR count). The normalized spacial score (nSPS) is 10.6. The maximum absolute atomic E-state index is 4.60. The highest BCUT2D eigenvalue weighted by Crippen LogP contribution is 2.19. The van der Waals surface area contributed by atoms with E-state index in [1.807, 2.05) is 12.3 Å². The Balaban J connectivity index is 0.00000364. The van der Waals surface area contributed by atoms with Gasteiger partial charge in [0.1, 0.15) is 0 Å². The Bertz CT molecular complexity index is 595. The molecule has 0 spiro atoms. The van der Waals surface area contributed by atoms with Crippen molar-refractivity contribution in [1.82, 2.24) is 9.55 Å². The zero-order valence-corrected chi connectivity index (χ0v) is 19.0. The van der Waals surface area contributed by atoms with Crippen LogP contribution in [0, 0.1) is 0 Å². The van der Waals surface area contributed by atoms with Gasteiger partial charge in [0.25, 0.3) is 0 Å². The van der Waals surface area contributed by atoms with Gasteiger partial charge in [-0.2, -0.15) is 0 Å². The van der Waals surface area contributed by atoms with Crippen LogP contribution >= 0.6 is 17.0 Å². The Morgan fingerprint density at radius 1 is 0.815 bits per heavy atom. The number of para-hydroxylation sites is 1. The van der Waals surface area contributed by atoms with E-state index in [0.29, 0.717) is 0 Å². The van der Waals surface area contributed by atoms with Gasteiger partial charge in [-0.15, -0.1) is 17.0 Å². The minimum Gasteiger partial charge on any atom is -0.326 e. The van der Waals surface area contributed by atoms with E-state index in [9.17, 15) is 0 Å². The lowest BCUT2D eigenvalue weighted by Crippen LogP contribution is -2.07. The molecule has 4 heteroatoms. The zero-order chi connectivity index (χ0) is 18.5. The van der Waals surface area contributed by atoms with Crippen LogP contribution in [0.4, 0.5) is 11.6 Å². The molecule has 0 aliphatic rings. The van der Waals surface area contributed by atoms with E-state index in [-0.39, 0.29) is 17.0 Å². The molecule has 0 unspecified atom stereocenters. The third kappa shape index (κ3) is 8.96. The SMILES string of the molecule is Br.CCCCCCCCCCCCn1c(CC)cnc1Nc1ccccc1. The molecule has 27 heavy (non-hydrogen) atoms. The van der Waals surface area contributed by atoms with Crippen molar-refractivity contribution in [3.63, 3.8) is 0 Å². The van der Waals surface area contributed by atoms with Crippen LogP contribution in [-0.2, 0) is 13.0 Å². The molecule has 1 N–H and O–H groups in total. The summed E-state index contributed by atoms with van der Waals surface area (Å²) in [6.45, 7) is 5.55. The van der Waals surface area contributed by atoms with Crippen molar-refractivity contribution < 1.29 is 0 Å². The minimum atomic E-state index is 0. The Morgan fingerprint density at radius 2 is 1.41 bits per heavy atom. The number of aromatic nitrogens is 2. The van der Waals surface area contributed by atoms with Gasteiger partial charge in [-0.05, 0) is 25.0 Å². The summed E-state index contributed by atoms with van der Waals surface area (Å²) in [7, 11) is 0. The Labute approximate surface area is 176 Å². The summed E-state index contributed by atoms with van der Waals surface area (Å²) >= 11 is 0. The molecule has 1 aromatic heterocycles. The van der Waals surface area contributed by atoms with Crippen molar-refractivity contribution in [3.8, 4) is 0 Å². The van der Waals surface area contributed by atoms with Crippen molar-refractivity contribution in [3.05, 3.63) is 42.2 Å². The highest BCUT2D eigenvalue weighted by Gasteiger charge is 2.08. The number of nitrogens with zero attached hydrogens (tertiary/aromatic N) is 2. The second-order valence-corrected chi connectivity index (χ2v) is 7.25. The van der Waals surface area contributed by atoms with Crippen molar-refractivity contribution in [2.45, 2.75) is 91.0 Å². The van der Waals surface area contributed by atoms with Gasteiger partial charge < -0.3 is 9.88 Å². The largest absolute Gasteiger partial charge is 0.326 e. The first kappa shape index (κ1) is 23.7. The van der Waals surface area contributed by atoms with Gasteiger partial charge in [0.15, 0.2) is 0 Å². The zero-order valence-electron chi connectivity index (χ0n) is 17.3. The summed E-state index contributed by atoms with van der Waals surface area (Å²) in [4.78, 5) is 4.60. The van der Waals surface area contributed by atoms with Crippen molar-refractivity contribution in [2.75, 3.05) is 5.32 Å². The molecule has 0 aliphatic carbocycles. The molecule has 1 heterocycles. The molecule has 0 saturated heterocycles. The third-order valence-corrected chi connectivity index (χ3v) is 5.07. The van der Waals surface area contributed by atoms with E-state index in [0.717, 1.165) is 24.6 Å². The monoisotopic (exact) mass is 435 g/mol. The molecule has 0 bridgehead atoms. The molecule has 1 aromatic carbocycles. The Hall–Kier alpha value is -1.29. The minimum absolute atomic E-state index is 0. The summed E-state index contributed by atoms with van der Waals surface area (Å²) in [6, 6.07) is 10.3. The topological polar surface area (TPSA) is 29.9 Å². The van der Waals surface area contributed by atoms with Gasteiger partial charge in [0.2, 0.25) is 5.95 Å². The number of imidazole rings is 1. The molecule has 0 fully saturated rings. The van der Waals surface area contributed by atoms with E-state index in [2.05, 4.69) is 53.0 Å². The molecule has 0 atom stereocenters. The van der Waals surface area contributed by atoms with Crippen LogP contribution in [0.2, 0.25) is 0 Å². The van der Waals surface area contributed by atoms with Crippen LogP contribution in [0.3, 0.4) is 0 Å². The molecular formula is C23H38BrN3. The van der Waals surface area contributed by atoms with E-state index in [4.69, 9.17) is 0 Å². The molecule has 2 aromatic rings. The summed E-state index contributed by atoms with van der Waals surface area (Å²) < 4.78 is 2.36. The number of benzene rings is 1. The number of nitrogens with one attached hydrogen (secondary N) is 1. The Kier molecular flexibility index (Phi) is 13.0. The summed E-state index contributed by atoms with van der Waals surface area (Å²) in [5, 5.41) is 3.46. The van der Waals surface area contributed by atoms with E-state index in [1.54, 1.807) is 0 Å². The van der Waals surface area contributed by atoms with Gasteiger partial charge in [-0.25, -0.2) is 4.98 Å². The van der Waals surface area contributed by atoms with Crippen LogP contribution in [0.5, 0.6) is 0 Å². The second-order valence-electron chi connectivity index (χ2n) is 7.25. The second kappa shape index (κ2) is 14.7. The van der Waals surface area contributed by atoms with Crippen LogP contribution in [0.15, 0.2) is 36.5 Å². The fourth-order valence-electron chi connectivity index (χ4n) is 3.45. The van der Waals surface area contributed by atoms with Gasteiger partial charge in [-0.1, -0.05) is 89.8 Å². The van der Waals surface area contributed by atoms with Crippen LogP contribution in [-0.4, -0.2) is 9.55 Å². The number of halogens is 1. The Morgan fingerprint density at radius 3 is 2.00 bits per heavy atom. The number of hydrogen-bond acceptors (Lipinski definition) is 2. The van der Waals surface area contributed by atoms with Crippen LogP contribution in [0.1, 0.15) is 83.7 Å². The lowest BCUT2D eigenvalue weighted by Gasteiger charge is -2.12. The van der Waals surface area contributed by atoms with Gasteiger partial charge in [-0.3, -0.25) is 0 Å². The molecule has 0 aliphatic heterocycles. The molecular weight excluding hydrogens is 398 g/mol. The highest BCUT2D eigenvalue weighted by atomic mass is 79.9. The average molecular weight is 436 g/mol. The lowest BCUT2D eigenvalue weighted by molar-refractivity contribution is 0.532. The summed E-state index contributed by atoms with van der Waals surface area (Å²) in [5.41, 5.74) is 2.42. The standard InChI is InChI=1S/C23H37N3.BrH/c1-3-5-6-7-8-9-10-11-12-16-19-26-22(4-2)20-24-23(26)25-21-17-14-13-15-18-21;/h13-15,17-18,20H,3-12,16,19H2,1-2H3,(H,24,25);1H. The van der Waals surface area contributed by atoms with Gasteiger partial charge in [0, 0.05) is 17.9 Å². The van der Waals surface area contributed by atoms with Crippen LogP contribution in [0.25, 0.3) is 0 Å². The third-order valence-electron chi connectivity index (χ3n) is 5.07. The number of hydrogen-bond donors (Lipinski definition) is 1. The smallest absolute Gasteiger partial charge is 0.207 e. The molecule has 0 saturated carbocycles. The van der Waals surface area contributed by atoms with Gasteiger partial charge in [0.05, 0.1) is 6.20 Å². The fraction of sp³-hybridized carbons (Fsp3) is 0.609. The first-order valence-corrected chi connectivity index (χ1v) is 10.7. The fourth-order valence-corrected chi connectivity index (χ4v) is 3.45. The maximum Gasteiger partial charge on any atom is 0.207 e. The summed E-state index contributed by atoms with van der Waals surface area (Å²) in [5.74, 6) is 0.976. The first-order valence-electron chi connectivity index (χ1n) is 10.7. The maximum atomic E-state index is 4.60. The van der Waals surface area contributed by atoms with Crippen molar-refractivity contribution >= 4 is 28.6 Å². The first-order chi connectivity index (χ1) is 12.8. The van der Waals surface area contributed by atoms with Crippen molar-refractivity contribution in [2.24, 2.45) is 0 Å². The highest BCUT2D eigenvalue weighted by molar-refractivity contribution is 8.93. The molecule has 0 radical (unpaired) electrons. The number of rotatable bonds is 14. The molecule has 0 amide bonds. The number of anilines is 2. The lowest BCUT2D eigenvalue weighted by atomic mass is 10.1.